The Labute approximate surface area is 159 Å². The molecular formula is C20H26N6O. The molecule has 4 rings (SSSR count). The molecule has 0 atom stereocenters. The minimum absolute atomic E-state index is 0.466. The third-order valence-electron chi connectivity index (χ3n) is 5.42. The zero-order valence-electron chi connectivity index (χ0n) is 16.0. The van der Waals surface area contributed by atoms with Gasteiger partial charge in [0.25, 0.3) is 0 Å². The van der Waals surface area contributed by atoms with Crippen LogP contribution in [0.3, 0.4) is 0 Å². The Morgan fingerprint density at radius 2 is 1.93 bits per heavy atom. The summed E-state index contributed by atoms with van der Waals surface area (Å²) in [6.07, 6.45) is 7.75. The Morgan fingerprint density at radius 3 is 2.67 bits per heavy atom. The standard InChI is InChI=1S/C20H26N6O/c1-24-19(14-26-12-9-21-15-26)22-23-20(24)16-7-10-25(11-8-16)13-17-5-3-4-6-18(17)27-2/h3-6,9,12,15-16H,7-8,10-11,13-14H2,1-2H3. The van der Waals surface area contributed by atoms with Gasteiger partial charge in [0.05, 0.1) is 20.0 Å². The highest BCUT2D eigenvalue weighted by Crippen LogP contribution is 2.29. The van der Waals surface area contributed by atoms with E-state index >= 15 is 0 Å². The fourth-order valence-corrected chi connectivity index (χ4v) is 3.84. The number of imidazole rings is 1. The highest BCUT2D eigenvalue weighted by atomic mass is 16.5. The van der Waals surface area contributed by atoms with Crippen molar-refractivity contribution in [3.05, 3.63) is 60.2 Å². The van der Waals surface area contributed by atoms with Crippen LogP contribution in [0.1, 0.15) is 36.0 Å². The van der Waals surface area contributed by atoms with E-state index in [9.17, 15) is 0 Å². The van der Waals surface area contributed by atoms with Gasteiger partial charge in [0.2, 0.25) is 0 Å². The molecule has 1 aromatic carbocycles. The number of nitrogens with zero attached hydrogens (tertiary/aromatic N) is 6. The van der Waals surface area contributed by atoms with Crippen LogP contribution in [-0.4, -0.2) is 49.4 Å². The minimum atomic E-state index is 0.466. The maximum atomic E-state index is 5.48. The lowest BCUT2D eigenvalue weighted by molar-refractivity contribution is 0.198. The van der Waals surface area contributed by atoms with Gasteiger partial charge in [-0.25, -0.2) is 4.98 Å². The van der Waals surface area contributed by atoms with Crippen molar-refractivity contribution in [3.8, 4) is 5.75 Å². The fourth-order valence-electron chi connectivity index (χ4n) is 3.84. The summed E-state index contributed by atoms with van der Waals surface area (Å²) in [6.45, 7) is 3.76. The number of rotatable bonds is 6. The zero-order valence-corrected chi connectivity index (χ0v) is 16.0. The molecular weight excluding hydrogens is 340 g/mol. The van der Waals surface area contributed by atoms with Crippen LogP contribution in [0.2, 0.25) is 0 Å². The lowest BCUT2D eigenvalue weighted by Crippen LogP contribution is -2.33. The van der Waals surface area contributed by atoms with Crippen LogP contribution in [0.5, 0.6) is 5.75 Å². The molecule has 3 heterocycles. The van der Waals surface area contributed by atoms with E-state index in [4.69, 9.17) is 4.74 Å². The van der Waals surface area contributed by atoms with Crippen LogP contribution in [-0.2, 0) is 20.1 Å². The first-order valence-electron chi connectivity index (χ1n) is 9.42. The predicted octanol–water partition coefficient (Wildman–Crippen LogP) is 2.45. The van der Waals surface area contributed by atoms with Crippen molar-refractivity contribution in [1.29, 1.82) is 0 Å². The molecule has 1 aliphatic heterocycles. The molecule has 1 aliphatic rings. The Morgan fingerprint density at radius 1 is 1.11 bits per heavy atom. The van der Waals surface area contributed by atoms with E-state index < -0.39 is 0 Å². The van der Waals surface area contributed by atoms with Gasteiger partial charge in [0, 0.05) is 37.5 Å². The molecule has 1 fully saturated rings. The smallest absolute Gasteiger partial charge is 0.152 e. The van der Waals surface area contributed by atoms with Gasteiger partial charge in [0.15, 0.2) is 5.82 Å². The Bertz CT molecular complexity index is 864. The lowest BCUT2D eigenvalue weighted by atomic mass is 9.95. The molecule has 27 heavy (non-hydrogen) atoms. The summed E-state index contributed by atoms with van der Waals surface area (Å²) in [5.74, 6) is 3.51. The van der Waals surface area contributed by atoms with Crippen LogP contribution in [0.4, 0.5) is 0 Å². The van der Waals surface area contributed by atoms with Crippen LogP contribution in [0, 0.1) is 0 Å². The first kappa shape index (κ1) is 17.7. The maximum absolute atomic E-state index is 5.48. The Balaban J connectivity index is 1.37. The molecule has 1 saturated heterocycles. The van der Waals surface area contributed by atoms with Gasteiger partial charge in [-0.15, -0.1) is 10.2 Å². The first-order valence-corrected chi connectivity index (χ1v) is 9.42. The van der Waals surface area contributed by atoms with Gasteiger partial charge in [-0.3, -0.25) is 4.90 Å². The molecule has 0 bridgehead atoms. The summed E-state index contributed by atoms with van der Waals surface area (Å²) < 4.78 is 9.65. The summed E-state index contributed by atoms with van der Waals surface area (Å²) in [6, 6.07) is 8.27. The number of likely N-dealkylation sites (tertiary alicyclic amines) is 1. The van der Waals surface area contributed by atoms with Gasteiger partial charge < -0.3 is 13.9 Å². The Hall–Kier alpha value is -2.67. The van der Waals surface area contributed by atoms with Crippen molar-refractivity contribution in [2.75, 3.05) is 20.2 Å². The minimum Gasteiger partial charge on any atom is -0.496 e. The number of piperidine rings is 1. The summed E-state index contributed by atoms with van der Waals surface area (Å²) >= 11 is 0. The topological polar surface area (TPSA) is 61.0 Å². The van der Waals surface area contributed by atoms with E-state index in [0.29, 0.717) is 12.5 Å². The molecule has 0 unspecified atom stereocenters. The molecule has 0 aliphatic carbocycles. The Kier molecular flexibility index (Phi) is 5.20. The van der Waals surface area contributed by atoms with Crippen molar-refractivity contribution in [3.63, 3.8) is 0 Å². The summed E-state index contributed by atoms with van der Waals surface area (Å²) in [4.78, 5) is 6.59. The van der Waals surface area contributed by atoms with Gasteiger partial charge in [0.1, 0.15) is 11.6 Å². The molecule has 0 N–H and O–H groups in total. The first-order chi connectivity index (χ1) is 13.2. The van der Waals surface area contributed by atoms with Crippen molar-refractivity contribution in [2.45, 2.75) is 31.8 Å². The van der Waals surface area contributed by atoms with E-state index in [0.717, 1.165) is 49.9 Å². The number of methoxy groups -OCH3 is 1. The van der Waals surface area contributed by atoms with Gasteiger partial charge in [-0.05, 0) is 32.0 Å². The quantitative estimate of drug-likeness (QED) is 0.671. The van der Waals surface area contributed by atoms with Gasteiger partial charge in [-0.2, -0.15) is 0 Å². The molecule has 0 amide bonds. The SMILES string of the molecule is COc1ccccc1CN1CCC(c2nnc(Cn3ccnc3)n2C)CC1. The van der Waals surface area contributed by atoms with E-state index in [1.54, 1.807) is 13.3 Å². The van der Waals surface area contributed by atoms with Gasteiger partial charge >= 0.3 is 0 Å². The average Bonchev–Trinajstić information content (AvgIpc) is 3.34. The second-order valence-corrected chi connectivity index (χ2v) is 7.13. The number of benzene rings is 1. The third-order valence-corrected chi connectivity index (χ3v) is 5.42. The number of aromatic nitrogens is 5. The van der Waals surface area contributed by atoms with Crippen LogP contribution >= 0.6 is 0 Å². The van der Waals surface area contributed by atoms with E-state index in [1.807, 2.05) is 29.2 Å². The van der Waals surface area contributed by atoms with Crippen molar-refractivity contribution in [2.24, 2.45) is 7.05 Å². The second kappa shape index (κ2) is 7.92. The van der Waals surface area contributed by atoms with Crippen molar-refractivity contribution in [1.82, 2.24) is 29.2 Å². The van der Waals surface area contributed by atoms with E-state index in [1.165, 1.54) is 5.56 Å². The fraction of sp³-hybridized carbons (Fsp3) is 0.450. The van der Waals surface area contributed by atoms with E-state index in [-0.39, 0.29) is 0 Å². The molecule has 0 saturated carbocycles. The summed E-state index contributed by atoms with van der Waals surface area (Å²) in [5, 5.41) is 8.91. The highest BCUT2D eigenvalue weighted by Gasteiger charge is 2.25. The number of hydrogen-bond donors (Lipinski definition) is 0. The van der Waals surface area contributed by atoms with E-state index in [2.05, 4.69) is 43.8 Å². The van der Waals surface area contributed by atoms with Crippen LogP contribution < -0.4 is 4.74 Å². The molecule has 0 spiro atoms. The lowest BCUT2D eigenvalue weighted by Gasteiger charge is -2.31. The van der Waals surface area contributed by atoms with Crippen molar-refractivity contribution < 1.29 is 4.74 Å². The molecule has 2 aromatic heterocycles. The molecule has 0 radical (unpaired) electrons. The summed E-state index contributed by atoms with van der Waals surface area (Å²) in [5.41, 5.74) is 1.25. The third kappa shape index (κ3) is 3.88. The maximum Gasteiger partial charge on any atom is 0.152 e. The van der Waals surface area contributed by atoms with Crippen LogP contribution in [0.25, 0.3) is 0 Å². The number of ether oxygens (including phenoxy) is 1. The molecule has 7 heteroatoms. The number of hydrogen-bond acceptors (Lipinski definition) is 5. The van der Waals surface area contributed by atoms with Gasteiger partial charge in [-0.1, -0.05) is 18.2 Å². The summed E-state index contributed by atoms with van der Waals surface area (Å²) in [7, 11) is 3.81. The highest BCUT2D eigenvalue weighted by molar-refractivity contribution is 5.33. The monoisotopic (exact) mass is 366 g/mol. The predicted molar refractivity (Wildman–Crippen MR) is 103 cm³/mol. The normalized spacial score (nSPS) is 15.9. The molecule has 7 nitrogen and oxygen atoms in total. The molecule has 142 valence electrons. The second-order valence-electron chi connectivity index (χ2n) is 7.13. The molecule has 3 aromatic rings. The average molecular weight is 366 g/mol. The van der Waals surface area contributed by atoms with Crippen LogP contribution in [0.15, 0.2) is 43.0 Å². The largest absolute Gasteiger partial charge is 0.496 e. The number of para-hydroxylation sites is 1. The van der Waals surface area contributed by atoms with Crippen molar-refractivity contribution >= 4 is 0 Å². The zero-order chi connectivity index (χ0) is 18.6.